The molecule has 41 heavy (non-hydrogen) atoms. The summed E-state index contributed by atoms with van der Waals surface area (Å²) in [5.74, 6) is 0.798. The topological polar surface area (TPSA) is 46.9 Å². The predicted molar refractivity (Wildman–Crippen MR) is 170 cm³/mol. The minimum atomic E-state index is 0. The second-order valence-electron chi connectivity index (χ2n) is 10.6. The summed E-state index contributed by atoms with van der Waals surface area (Å²) >= 11 is 0. The van der Waals surface area contributed by atoms with Crippen LogP contribution in [0, 0.1) is 41.5 Å². The van der Waals surface area contributed by atoms with Gasteiger partial charge in [0.15, 0.2) is 0 Å². The Hall–Kier alpha value is -2.98. The van der Waals surface area contributed by atoms with Gasteiger partial charge in [0.2, 0.25) is 0 Å². The third-order valence-electron chi connectivity index (χ3n) is 6.48. The van der Waals surface area contributed by atoms with Gasteiger partial charge in [-0.05, 0) is 52.9 Å². The van der Waals surface area contributed by atoms with E-state index in [-0.39, 0.29) is 26.2 Å². The van der Waals surface area contributed by atoms with Crippen LogP contribution in [-0.4, -0.2) is 47.2 Å². The molecule has 0 aromatic heterocycles. The van der Waals surface area contributed by atoms with E-state index in [2.05, 4.69) is 63.7 Å². The Morgan fingerprint density at radius 3 is 1.15 bits per heavy atom. The Labute approximate surface area is 267 Å². The number of likely N-dealkylation sites (N-methyl/N-ethyl adjacent to an activating group) is 2. The molecule has 0 radical (unpaired) electrons. The van der Waals surface area contributed by atoms with Crippen molar-refractivity contribution in [3.05, 3.63) is 143 Å². The summed E-state index contributed by atoms with van der Waals surface area (Å²) in [4.78, 5) is 4.43. The van der Waals surface area contributed by atoms with E-state index in [1.165, 1.54) is 11.1 Å². The van der Waals surface area contributed by atoms with Gasteiger partial charge >= 0.3 is 26.2 Å². The Balaban J connectivity index is 0.000000453. The van der Waals surface area contributed by atoms with Crippen molar-refractivity contribution < 1.29 is 36.4 Å². The second-order valence-corrected chi connectivity index (χ2v) is 10.6. The summed E-state index contributed by atoms with van der Waals surface area (Å²) in [5, 5.41) is 20.5. The van der Waals surface area contributed by atoms with Crippen LogP contribution in [0.1, 0.15) is 44.5 Å². The van der Waals surface area contributed by atoms with Crippen LogP contribution in [0.25, 0.3) is 0 Å². The molecule has 0 fully saturated rings. The summed E-state index contributed by atoms with van der Waals surface area (Å²) in [6.45, 7) is 18.6. The van der Waals surface area contributed by atoms with Gasteiger partial charge in [-0.1, -0.05) is 47.5 Å². The standard InChI is InChI=1S/C22H32N2O2.2C7H7.Zr/c1-15-9-17(3)21(25)19(11-15)13-23(5)7-8-24(6)14-20-12-16(2)10-18(4)22(20)26;2*1-7-5-3-2-4-6-7;/h9-12,25-26H,7-8,13-14H2,1-6H3;2*2-6H,1H2;/q;2*-1;+4. The number of aromatic hydroxyl groups is 2. The van der Waals surface area contributed by atoms with Crippen molar-refractivity contribution >= 4 is 0 Å². The number of phenolic OH excluding ortho intramolecular Hbond substituents is 2. The normalized spacial score (nSPS) is 10.2. The molecular weight excluding hydrogens is 584 g/mol. The molecule has 0 bridgehead atoms. The van der Waals surface area contributed by atoms with Gasteiger partial charge in [-0.2, -0.15) is 49.2 Å². The van der Waals surface area contributed by atoms with E-state index >= 15 is 0 Å². The maximum Gasteiger partial charge on any atom is 4.00 e. The number of benzene rings is 4. The third kappa shape index (κ3) is 13.5. The number of aryl methyl sites for hydroxylation is 4. The summed E-state index contributed by atoms with van der Waals surface area (Å²) < 4.78 is 0. The maximum atomic E-state index is 10.3. The van der Waals surface area contributed by atoms with E-state index in [0.29, 0.717) is 11.5 Å². The molecule has 0 atom stereocenters. The fourth-order valence-electron chi connectivity index (χ4n) is 4.37. The van der Waals surface area contributed by atoms with Crippen molar-refractivity contribution in [2.75, 3.05) is 27.2 Å². The van der Waals surface area contributed by atoms with Crippen LogP contribution in [-0.2, 0) is 39.3 Å². The molecule has 0 saturated carbocycles. The summed E-state index contributed by atoms with van der Waals surface area (Å²) in [7, 11) is 4.14. The summed E-state index contributed by atoms with van der Waals surface area (Å²) in [6.07, 6.45) is 0. The number of rotatable bonds is 7. The van der Waals surface area contributed by atoms with Gasteiger partial charge in [0.05, 0.1) is 0 Å². The van der Waals surface area contributed by atoms with E-state index in [1.54, 1.807) is 0 Å². The molecule has 4 aromatic rings. The van der Waals surface area contributed by atoms with Crippen molar-refractivity contribution in [1.82, 2.24) is 9.80 Å². The molecule has 0 heterocycles. The molecule has 0 saturated heterocycles. The van der Waals surface area contributed by atoms with Crippen molar-refractivity contribution in [2.24, 2.45) is 0 Å². The van der Waals surface area contributed by atoms with Gasteiger partial charge in [-0.15, -0.1) is 24.3 Å². The smallest absolute Gasteiger partial charge is 0.507 e. The predicted octanol–water partition coefficient (Wildman–Crippen LogP) is 7.63. The average molecular weight is 630 g/mol. The maximum absolute atomic E-state index is 10.3. The SMILES string of the molecule is Cc1cc(C)c(O)c(CN(C)CCN(C)Cc2cc(C)cc(C)c2O)c1.[CH2-]c1ccccc1.[CH2-]c1ccccc1.[Zr+4]. The summed E-state index contributed by atoms with van der Waals surface area (Å²) in [5.41, 5.74) is 8.29. The van der Waals surface area contributed by atoms with Crippen LogP contribution in [0.4, 0.5) is 0 Å². The summed E-state index contributed by atoms with van der Waals surface area (Å²) in [6, 6.07) is 27.9. The number of hydrogen-bond donors (Lipinski definition) is 2. The molecule has 4 rings (SSSR count). The molecule has 214 valence electrons. The number of nitrogens with zero attached hydrogens (tertiary/aromatic N) is 2. The molecule has 0 aliphatic rings. The van der Waals surface area contributed by atoms with Crippen LogP contribution >= 0.6 is 0 Å². The van der Waals surface area contributed by atoms with Gasteiger partial charge in [0, 0.05) is 37.3 Å². The zero-order valence-electron chi connectivity index (χ0n) is 25.6. The fourth-order valence-corrected chi connectivity index (χ4v) is 4.37. The first kappa shape index (κ1) is 36.0. The molecule has 5 heteroatoms. The third-order valence-corrected chi connectivity index (χ3v) is 6.48. The Morgan fingerprint density at radius 2 is 0.878 bits per heavy atom. The van der Waals surface area contributed by atoms with Crippen LogP contribution in [0.3, 0.4) is 0 Å². The van der Waals surface area contributed by atoms with E-state index < -0.39 is 0 Å². The Morgan fingerprint density at radius 1 is 0.561 bits per heavy atom. The number of phenols is 2. The average Bonchev–Trinajstić information content (AvgIpc) is 2.90. The Kier molecular flexibility index (Phi) is 16.2. The molecule has 0 aliphatic carbocycles. The van der Waals surface area contributed by atoms with Crippen molar-refractivity contribution in [3.8, 4) is 11.5 Å². The van der Waals surface area contributed by atoms with Crippen LogP contribution in [0.2, 0.25) is 0 Å². The van der Waals surface area contributed by atoms with E-state index in [0.717, 1.165) is 59.6 Å². The largest absolute Gasteiger partial charge is 4.00 e. The van der Waals surface area contributed by atoms with Gasteiger partial charge < -0.3 is 20.0 Å². The van der Waals surface area contributed by atoms with Crippen molar-refractivity contribution in [1.29, 1.82) is 0 Å². The minimum Gasteiger partial charge on any atom is -0.507 e. The first-order chi connectivity index (χ1) is 19.0. The fraction of sp³-hybridized carbons (Fsp3) is 0.278. The first-order valence-corrected chi connectivity index (χ1v) is 13.7. The molecule has 0 spiro atoms. The van der Waals surface area contributed by atoms with Crippen molar-refractivity contribution in [2.45, 2.75) is 40.8 Å². The van der Waals surface area contributed by atoms with Crippen LogP contribution in [0.15, 0.2) is 84.9 Å². The van der Waals surface area contributed by atoms with Gasteiger partial charge in [0.25, 0.3) is 0 Å². The van der Waals surface area contributed by atoms with E-state index in [9.17, 15) is 10.2 Å². The van der Waals surface area contributed by atoms with Crippen LogP contribution in [0.5, 0.6) is 11.5 Å². The molecule has 2 N–H and O–H groups in total. The Bertz CT molecular complexity index is 1210. The monoisotopic (exact) mass is 628 g/mol. The quantitative estimate of drug-likeness (QED) is 0.207. The zero-order valence-corrected chi connectivity index (χ0v) is 28.1. The van der Waals surface area contributed by atoms with Gasteiger partial charge in [-0.3, -0.25) is 0 Å². The molecule has 0 amide bonds. The number of hydrogen-bond acceptors (Lipinski definition) is 4. The molecule has 4 aromatic carbocycles. The first-order valence-electron chi connectivity index (χ1n) is 13.7. The van der Waals surface area contributed by atoms with Crippen LogP contribution < -0.4 is 0 Å². The van der Waals surface area contributed by atoms with Gasteiger partial charge in [0.1, 0.15) is 11.5 Å². The van der Waals surface area contributed by atoms with Gasteiger partial charge in [-0.25, -0.2) is 0 Å². The zero-order chi connectivity index (χ0) is 29.7. The van der Waals surface area contributed by atoms with E-state index in [1.807, 2.05) is 86.6 Å². The van der Waals surface area contributed by atoms with Crippen molar-refractivity contribution in [3.63, 3.8) is 0 Å². The van der Waals surface area contributed by atoms with E-state index in [4.69, 9.17) is 0 Å². The molecule has 0 aliphatic heterocycles. The molecule has 0 unspecified atom stereocenters. The second kappa shape index (κ2) is 18.5. The molecule has 4 nitrogen and oxygen atoms in total. The molecular formula is C36H46N2O2Zr+2. The minimum absolute atomic E-state index is 0.